The summed E-state index contributed by atoms with van der Waals surface area (Å²) in [5.74, 6) is 1.41. The number of hydrogen-bond donors (Lipinski definition) is 3. The number of terminal acetylenes is 1. The van der Waals surface area contributed by atoms with Crippen LogP contribution in [0.3, 0.4) is 0 Å². The molecule has 0 aliphatic rings. The highest BCUT2D eigenvalue weighted by atomic mass is 32.2. The van der Waals surface area contributed by atoms with Crippen LogP contribution in [0.1, 0.15) is 24.2 Å². The van der Waals surface area contributed by atoms with Gasteiger partial charge in [-0.25, -0.2) is 8.42 Å². The molecule has 2 amide bonds. The Bertz CT molecular complexity index is 705. The van der Waals surface area contributed by atoms with Crippen LogP contribution in [0.4, 0.5) is 0 Å². The lowest BCUT2D eigenvalue weighted by Gasteiger charge is -2.13. The van der Waals surface area contributed by atoms with Gasteiger partial charge in [-0.05, 0) is 38.1 Å². The first-order chi connectivity index (χ1) is 10.8. The van der Waals surface area contributed by atoms with E-state index in [2.05, 4.69) is 21.3 Å². The van der Waals surface area contributed by atoms with Crippen molar-refractivity contribution in [2.24, 2.45) is 0 Å². The Hall–Kier alpha value is -2.37. The van der Waals surface area contributed by atoms with Gasteiger partial charge in [-0.2, -0.15) is 4.72 Å². The molecule has 124 valence electrons. The predicted octanol–water partition coefficient (Wildman–Crippen LogP) is -0.147. The molecule has 0 spiro atoms. The summed E-state index contributed by atoms with van der Waals surface area (Å²) in [5, 5.41) is 5.12. The fourth-order valence-electron chi connectivity index (χ4n) is 1.68. The summed E-state index contributed by atoms with van der Waals surface area (Å²) in [7, 11) is -3.70. The van der Waals surface area contributed by atoms with Crippen LogP contribution in [0.5, 0.6) is 0 Å². The zero-order chi connectivity index (χ0) is 17.5. The summed E-state index contributed by atoms with van der Waals surface area (Å²) in [6, 6.07) is 4.63. The highest BCUT2D eigenvalue weighted by molar-refractivity contribution is 7.89. The molecule has 0 radical (unpaired) electrons. The van der Waals surface area contributed by atoms with Crippen molar-refractivity contribution in [2.45, 2.75) is 24.8 Å². The molecule has 0 aromatic heterocycles. The lowest BCUT2D eigenvalue weighted by molar-refractivity contribution is -0.122. The van der Waals surface area contributed by atoms with Crippen molar-refractivity contribution in [3.63, 3.8) is 0 Å². The lowest BCUT2D eigenvalue weighted by atomic mass is 10.2. The van der Waals surface area contributed by atoms with Gasteiger partial charge in [0, 0.05) is 12.1 Å². The van der Waals surface area contributed by atoms with Gasteiger partial charge in [-0.15, -0.1) is 6.42 Å². The van der Waals surface area contributed by atoms with Crippen LogP contribution in [-0.2, 0) is 14.8 Å². The Balaban J connectivity index is 2.79. The molecule has 1 atom stereocenters. The van der Waals surface area contributed by atoms with Crippen molar-refractivity contribution in [3.05, 3.63) is 29.8 Å². The number of carbonyl (C=O) groups is 2. The number of rotatable bonds is 7. The average molecular weight is 337 g/mol. The number of benzene rings is 1. The Kier molecular flexibility index (Phi) is 6.75. The van der Waals surface area contributed by atoms with E-state index in [0.717, 1.165) is 0 Å². The summed E-state index contributed by atoms with van der Waals surface area (Å²) in [6.45, 7) is 3.69. The Morgan fingerprint density at radius 3 is 2.39 bits per heavy atom. The van der Waals surface area contributed by atoms with E-state index in [9.17, 15) is 18.0 Å². The zero-order valence-corrected chi connectivity index (χ0v) is 13.7. The van der Waals surface area contributed by atoms with Crippen LogP contribution in [0.25, 0.3) is 0 Å². The summed E-state index contributed by atoms with van der Waals surface area (Å²) in [4.78, 5) is 23.6. The van der Waals surface area contributed by atoms with Gasteiger partial charge in [0.2, 0.25) is 15.9 Å². The third kappa shape index (κ3) is 5.39. The van der Waals surface area contributed by atoms with Crippen molar-refractivity contribution in [1.82, 2.24) is 15.4 Å². The van der Waals surface area contributed by atoms with Gasteiger partial charge in [-0.1, -0.05) is 5.92 Å². The van der Waals surface area contributed by atoms with E-state index in [1.807, 2.05) is 0 Å². The molecule has 0 fully saturated rings. The molecule has 0 aliphatic carbocycles. The highest BCUT2D eigenvalue weighted by Gasteiger charge is 2.17. The summed E-state index contributed by atoms with van der Waals surface area (Å²) in [6.07, 6.45) is 5.01. The molecule has 7 nitrogen and oxygen atoms in total. The summed E-state index contributed by atoms with van der Waals surface area (Å²) in [5.41, 5.74) is 0.247. The number of likely N-dealkylation sites (N-methyl/N-ethyl adjacent to an activating group) is 1. The maximum Gasteiger partial charge on any atom is 0.251 e. The Labute approximate surface area is 135 Å². The molecule has 23 heavy (non-hydrogen) atoms. The van der Waals surface area contributed by atoms with Crippen LogP contribution in [0, 0.1) is 12.3 Å². The number of nitrogens with one attached hydrogen (secondary N) is 3. The molecular formula is C15H19N3O4S. The maximum atomic E-state index is 12.0. The fourth-order valence-corrected chi connectivity index (χ4v) is 2.61. The van der Waals surface area contributed by atoms with Gasteiger partial charge in [0.15, 0.2) is 0 Å². The standard InChI is InChI=1S/C15H19N3O4S/c1-4-10-17-23(21,22)13-8-6-12(7-9-13)15(20)18-11(3)14(19)16-5-2/h1,6-9,11,17H,5,10H2,2-3H3,(H,16,19)(H,18,20)/t11-/m1/s1. The normalized spacial score (nSPS) is 12.0. The molecule has 0 bridgehead atoms. The molecule has 0 saturated heterocycles. The second-order valence-electron chi connectivity index (χ2n) is 4.64. The van der Waals surface area contributed by atoms with E-state index in [0.29, 0.717) is 6.54 Å². The molecule has 0 saturated carbocycles. The zero-order valence-electron chi connectivity index (χ0n) is 12.9. The van der Waals surface area contributed by atoms with Crippen molar-refractivity contribution < 1.29 is 18.0 Å². The number of hydrogen-bond acceptors (Lipinski definition) is 4. The Morgan fingerprint density at radius 1 is 1.26 bits per heavy atom. The van der Waals surface area contributed by atoms with Gasteiger partial charge in [0.05, 0.1) is 11.4 Å². The minimum absolute atomic E-state index is 0.000995. The molecule has 0 heterocycles. The minimum atomic E-state index is -3.70. The number of amides is 2. The fraction of sp³-hybridized carbons (Fsp3) is 0.333. The second kappa shape index (κ2) is 8.31. The van der Waals surface area contributed by atoms with Crippen LogP contribution in [0.15, 0.2) is 29.2 Å². The number of carbonyl (C=O) groups excluding carboxylic acids is 2. The average Bonchev–Trinajstić information content (AvgIpc) is 2.53. The SMILES string of the molecule is C#CCNS(=O)(=O)c1ccc(C(=O)N[C@H](C)C(=O)NCC)cc1. The summed E-state index contributed by atoms with van der Waals surface area (Å²) < 4.78 is 25.9. The maximum absolute atomic E-state index is 12.0. The molecule has 1 aromatic carbocycles. The van der Waals surface area contributed by atoms with E-state index in [1.54, 1.807) is 13.8 Å². The third-order valence-corrected chi connectivity index (χ3v) is 4.30. The summed E-state index contributed by atoms with van der Waals surface area (Å²) >= 11 is 0. The van der Waals surface area contributed by atoms with Gasteiger partial charge < -0.3 is 10.6 Å². The van der Waals surface area contributed by atoms with Crippen LogP contribution in [-0.4, -0.2) is 39.4 Å². The van der Waals surface area contributed by atoms with E-state index in [1.165, 1.54) is 24.3 Å². The molecule has 0 aliphatic heterocycles. The molecule has 1 aromatic rings. The first kappa shape index (κ1) is 18.7. The molecule has 8 heteroatoms. The molecule has 0 unspecified atom stereocenters. The Morgan fingerprint density at radius 2 is 1.87 bits per heavy atom. The number of sulfonamides is 1. The van der Waals surface area contributed by atoms with Crippen LogP contribution in [0.2, 0.25) is 0 Å². The van der Waals surface area contributed by atoms with E-state index in [-0.39, 0.29) is 22.9 Å². The first-order valence-corrected chi connectivity index (χ1v) is 8.42. The van der Waals surface area contributed by atoms with Gasteiger partial charge in [0.25, 0.3) is 5.91 Å². The van der Waals surface area contributed by atoms with Gasteiger partial charge >= 0.3 is 0 Å². The lowest BCUT2D eigenvalue weighted by Crippen LogP contribution is -2.44. The quantitative estimate of drug-likeness (QED) is 0.602. The first-order valence-electron chi connectivity index (χ1n) is 6.93. The minimum Gasteiger partial charge on any atom is -0.355 e. The van der Waals surface area contributed by atoms with Gasteiger partial charge in [-0.3, -0.25) is 9.59 Å². The predicted molar refractivity (Wildman–Crippen MR) is 86.1 cm³/mol. The molecular weight excluding hydrogens is 318 g/mol. The van der Waals surface area contributed by atoms with Crippen molar-refractivity contribution in [2.75, 3.05) is 13.1 Å². The van der Waals surface area contributed by atoms with Crippen LogP contribution < -0.4 is 15.4 Å². The van der Waals surface area contributed by atoms with Crippen molar-refractivity contribution in [1.29, 1.82) is 0 Å². The monoisotopic (exact) mass is 337 g/mol. The highest BCUT2D eigenvalue weighted by Crippen LogP contribution is 2.10. The van der Waals surface area contributed by atoms with E-state index in [4.69, 9.17) is 6.42 Å². The second-order valence-corrected chi connectivity index (χ2v) is 6.41. The molecule has 3 N–H and O–H groups in total. The van der Waals surface area contributed by atoms with Gasteiger partial charge in [0.1, 0.15) is 6.04 Å². The van der Waals surface area contributed by atoms with E-state index < -0.39 is 22.0 Å². The van der Waals surface area contributed by atoms with Crippen molar-refractivity contribution >= 4 is 21.8 Å². The largest absolute Gasteiger partial charge is 0.355 e. The van der Waals surface area contributed by atoms with Crippen molar-refractivity contribution in [3.8, 4) is 12.3 Å². The smallest absolute Gasteiger partial charge is 0.251 e. The third-order valence-electron chi connectivity index (χ3n) is 2.88. The molecule has 1 rings (SSSR count). The van der Waals surface area contributed by atoms with Crippen LogP contribution >= 0.6 is 0 Å². The topological polar surface area (TPSA) is 104 Å². The van der Waals surface area contributed by atoms with E-state index >= 15 is 0 Å².